The van der Waals surface area contributed by atoms with Crippen LogP contribution in [-0.2, 0) is 6.61 Å². The van der Waals surface area contributed by atoms with Crippen LogP contribution in [0.4, 0.5) is 8.78 Å². The summed E-state index contributed by atoms with van der Waals surface area (Å²) in [6.45, 7) is 9.07. The Morgan fingerprint density at radius 1 is 1.12 bits per heavy atom. The SMILES string of the molecule is CC.CC.CC(C)COc1cc(-c2nc(CO)co2)ccc1OC(F)F. The third-order valence-corrected chi connectivity index (χ3v) is 2.69. The van der Waals surface area contributed by atoms with E-state index in [1.165, 1.54) is 24.5 Å². The third kappa shape index (κ3) is 7.82. The molecule has 0 radical (unpaired) electrons. The van der Waals surface area contributed by atoms with Gasteiger partial charge in [-0.2, -0.15) is 8.78 Å². The van der Waals surface area contributed by atoms with E-state index in [1.54, 1.807) is 0 Å². The normalized spacial score (nSPS) is 9.96. The topological polar surface area (TPSA) is 64.7 Å². The van der Waals surface area contributed by atoms with Crippen LogP contribution in [0.5, 0.6) is 11.5 Å². The molecule has 1 N–H and O–H groups in total. The van der Waals surface area contributed by atoms with Gasteiger partial charge in [0.15, 0.2) is 11.5 Å². The summed E-state index contributed by atoms with van der Waals surface area (Å²) in [5.41, 5.74) is 0.924. The van der Waals surface area contributed by atoms with Crippen molar-refractivity contribution < 1.29 is 27.8 Å². The van der Waals surface area contributed by atoms with Crippen LogP contribution < -0.4 is 9.47 Å². The van der Waals surface area contributed by atoms with Gasteiger partial charge < -0.3 is 19.0 Å². The second-order valence-corrected chi connectivity index (χ2v) is 5.05. The van der Waals surface area contributed by atoms with Crippen molar-refractivity contribution in [3.05, 3.63) is 30.2 Å². The van der Waals surface area contributed by atoms with Crippen molar-refractivity contribution in [2.75, 3.05) is 6.61 Å². The Bertz CT molecular complexity index is 615. The van der Waals surface area contributed by atoms with Gasteiger partial charge in [0.05, 0.1) is 13.2 Å². The number of aliphatic hydroxyl groups is 1. The van der Waals surface area contributed by atoms with Gasteiger partial charge in [0, 0.05) is 5.56 Å². The zero-order valence-corrected chi connectivity index (χ0v) is 16.3. The molecule has 0 unspecified atom stereocenters. The molecule has 7 heteroatoms. The first-order valence-corrected chi connectivity index (χ1v) is 8.77. The van der Waals surface area contributed by atoms with Gasteiger partial charge in [-0.1, -0.05) is 41.5 Å². The minimum Gasteiger partial charge on any atom is -0.489 e. The molecule has 0 aliphatic heterocycles. The van der Waals surface area contributed by atoms with Gasteiger partial charge in [-0.3, -0.25) is 0 Å². The molecular formula is C19H29F2NO4. The van der Waals surface area contributed by atoms with Crippen LogP contribution in [0.1, 0.15) is 47.2 Å². The van der Waals surface area contributed by atoms with Gasteiger partial charge in [-0.25, -0.2) is 4.98 Å². The smallest absolute Gasteiger partial charge is 0.387 e. The van der Waals surface area contributed by atoms with E-state index in [0.29, 0.717) is 17.9 Å². The highest BCUT2D eigenvalue weighted by atomic mass is 19.3. The molecule has 0 fully saturated rings. The molecule has 5 nitrogen and oxygen atoms in total. The average molecular weight is 373 g/mol. The van der Waals surface area contributed by atoms with Crippen LogP contribution in [0.25, 0.3) is 11.5 Å². The maximum absolute atomic E-state index is 12.4. The summed E-state index contributed by atoms with van der Waals surface area (Å²) in [4.78, 5) is 4.06. The van der Waals surface area contributed by atoms with E-state index < -0.39 is 6.61 Å². The van der Waals surface area contributed by atoms with E-state index in [-0.39, 0.29) is 29.9 Å². The first-order valence-electron chi connectivity index (χ1n) is 8.77. The van der Waals surface area contributed by atoms with Crippen molar-refractivity contribution >= 4 is 0 Å². The first-order chi connectivity index (χ1) is 12.5. The van der Waals surface area contributed by atoms with Crippen molar-refractivity contribution in [2.24, 2.45) is 5.92 Å². The first kappa shape index (κ1) is 23.9. The van der Waals surface area contributed by atoms with E-state index in [1.807, 2.05) is 41.5 Å². The number of hydrogen-bond acceptors (Lipinski definition) is 5. The Hall–Kier alpha value is -2.15. The van der Waals surface area contributed by atoms with Gasteiger partial charge in [-0.15, -0.1) is 0 Å². The molecule has 0 atom stereocenters. The van der Waals surface area contributed by atoms with Gasteiger partial charge in [0.25, 0.3) is 0 Å². The fourth-order valence-corrected chi connectivity index (χ4v) is 1.72. The molecule has 0 aliphatic rings. The summed E-state index contributed by atoms with van der Waals surface area (Å²) in [6.07, 6.45) is 1.33. The Morgan fingerprint density at radius 2 is 1.77 bits per heavy atom. The standard InChI is InChI=1S/C15H17F2NO4.2C2H6/c1-9(2)7-20-13-5-10(3-4-12(13)22-15(16)17)14-18-11(6-19)8-21-14;2*1-2/h3-5,8-9,15,19H,6-7H2,1-2H3;2*1-2H3. The third-order valence-electron chi connectivity index (χ3n) is 2.69. The fraction of sp³-hybridized carbons (Fsp3) is 0.526. The highest BCUT2D eigenvalue weighted by Gasteiger charge is 2.15. The lowest BCUT2D eigenvalue weighted by atomic mass is 10.2. The number of aliphatic hydroxyl groups excluding tert-OH is 1. The lowest BCUT2D eigenvalue weighted by Crippen LogP contribution is -2.08. The van der Waals surface area contributed by atoms with E-state index in [9.17, 15) is 8.78 Å². The number of aromatic nitrogens is 1. The largest absolute Gasteiger partial charge is 0.489 e. The molecule has 0 saturated carbocycles. The average Bonchev–Trinajstić information content (AvgIpc) is 3.13. The molecule has 0 spiro atoms. The quantitative estimate of drug-likeness (QED) is 0.692. The van der Waals surface area contributed by atoms with Crippen molar-refractivity contribution in [1.29, 1.82) is 0 Å². The molecule has 1 heterocycles. The van der Waals surface area contributed by atoms with Gasteiger partial charge >= 0.3 is 6.61 Å². The summed E-state index contributed by atoms with van der Waals surface area (Å²) in [5, 5.41) is 8.99. The highest BCUT2D eigenvalue weighted by molar-refractivity contribution is 5.60. The van der Waals surface area contributed by atoms with Crippen molar-refractivity contribution in [3.8, 4) is 23.0 Å². The van der Waals surface area contributed by atoms with Crippen LogP contribution in [0.3, 0.4) is 0 Å². The molecule has 1 aromatic heterocycles. The zero-order valence-electron chi connectivity index (χ0n) is 16.3. The maximum atomic E-state index is 12.4. The Morgan fingerprint density at radius 3 is 2.27 bits per heavy atom. The molecule has 26 heavy (non-hydrogen) atoms. The number of alkyl halides is 2. The van der Waals surface area contributed by atoms with Gasteiger partial charge in [0.2, 0.25) is 5.89 Å². The Balaban J connectivity index is 0.00000146. The number of rotatable bonds is 7. The Labute approximate surface area is 154 Å². The molecule has 0 amide bonds. The van der Waals surface area contributed by atoms with Crippen molar-refractivity contribution in [1.82, 2.24) is 4.98 Å². The predicted molar refractivity (Wildman–Crippen MR) is 97.5 cm³/mol. The van der Waals surface area contributed by atoms with Crippen LogP contribution in [-0.4, -0.2) is 23.3 Å². The number of nitrogens with zero attached hydrogens (tertiary/aromatic N) is 1. The van der Waals surface area contributed by atoms with Crippen LogP contribution in [0.15, 0.2) is 28.9 Å². The number of oxazole rings is 1. The molecular weight excluding hydrogens is 344 g/mol. The molecule has 148 valence electrons. The summed E-state index contributed by atoms with van der Waals surface area (Å²) in [6, 6.07) is 4.43. The fourth-order valence-electron chi connectivity index (χ4n) is 1.72. The van der Waals surface area contributed by atoms with Crippen LogP contribution in [0.2, 0.25) is 0 Å². The Kier molecular flexibility index (Phi) is 12.0. The summed E-state index contributed by atoms with van der Waals surface area (Å²) < 4.78 is 40.1. The monoisotopic (exact) mass is 373 g/mol. The molecule has 1 aromatic carbocycles. The minimum absolute atomic E-state index is 0.0478. The minimum atomic E-state index is -2.94. The predicted octanol–water partition coefficient (Wildman–Crippen LogP) is 5.52. The second kappa shape index (κ2) is 13.1. The van der Waals surface area contributed by atoms with E-state index in [0.717, 1.165) is 0 Å². The summed E-state index contributed by atoms with van der Waals surface area (Å²) in [5.74, 6) is 0.636. The van der Waals surface area contributed by atoms with Gasteiger partial charge in [-0.05, 0) is 24.1 Å². The maximum Gasteiger partial charge on any atom is 0.387 e. The molecule has 0 aliphatic carbocycles. The second-order valence-electron chi connectivity index (χ2n) is 5.05. The highest BCUT2D eigenvalue weighted by Crippen LogP contribution is 2.33. The molecule has 2 aromatic rings. The lowest BCUT2D eigenvalue weighted by Gasteiger charge is -2.14. The van der Waals surface area contributed by atoms with Crippen molar-refractivity contribution in [3.63, 3.8) is 0 Å². The van der Waals surface area contributed by atoms with Crippen molar-refractivity contribution in [2.45, 2.75) is 54.8 Å². The van der Waals surface area contributed by atoms with Crippen LogP contribution >= 0.6 is 0 Å². The van der Waals surface area contributed by atoms with E-state index in [2.05, 4.69) is 9.72 Å². The molecule has 0 saturated heterocycles. The number of ether oxygens (including phenoxy) is 2. The number of halogens is 2. The molecule has 2 rings (SSSR count). The summed E-state index contributed by atoms with van der Waals surface area (Å²) >= 11 is 0. The number of hydrogen-bond donors (Lipinski definition) is 1. The number of benzene rings is 1. The summed E-state index contributed by atoms with van der Waals surface area (Å²) in [7, 11) is 0. The van der Waals surface area contributed by atoms with E-state index >= 15 is 0 Å². The zero-order chi connectivity index (χ0) is 20.1. The molecule has 0 bridgehead atoms. The van der Waals surface area contributed by atoms with Gasteiger partial charge in [0.1, 0.15) is 12.0 Å². The van der Waals surface area contributed by atoms with E-state index in [4.69, 9.17) is 14.3 Å². The van der Waals surface area contributed by atoms with Crippen LogP contribution in [0, 0.1) is 5.92 Å². The lowest BCUT2D eigenvalue weighted by molar-refractivity contribution is -0.0515.